The van der Waals surface area contributed by atoms with Crippen LogP contribution in [0.2, 0.25) is 0 Å². The summed E-state index contributed by atoms with van der Waals surface area (Å²) in [6.07, 6.45) is 3.10. The van der Waals surface area contributed by atoms with Gasteiger partial charge in [0.15, 0.2) is 0 Å². The van der Waals surface area contributed by atoms with Crippen molar-refractivity contribution in [2.24, 2.45) is 0 Å². The molecule has 1 saturated heterocycles. The minimum Gasteiger partial charge on any atom is -0.343 e. The largest absolute Gasteiger partial charge is 0.343 e. The van der Waals surface area contributed by atoms with Gasteiger partial charge in [0.1, 0.15) is 17.4 Å². The van der Waals surface area contributed by atoms with Crippen LogP contribution < -0.4 is 5.32 Å². The molecular weight excluding hydrogens is 261 g/mol. The summed E-state index contributed by atoms with van der Waals surface area (Å²) >= 11 is 0. The molecule has 2 unspecified atom stereocenters. The standard InChI is InChI=1S/C14H18FN3O2/c1-4-14(3)13(20)17-9(2)12(19)18(14)8-10-5-11(15)7-16-6-10/h5-7,9H,4,8H2,1-3H3,(H,17,20). The van der Waals surface area contributed by atoms with E-state index in [2.05, 4.69) is 10.3 Å². The molecule has 1 aromatic rings. The molecule has 1 aliphatic rings. The molecule has 6 heteroatoms. The molecule has 0 radical (unpaired) electrons. The van der Waals surface area contributed by atoms with Gasteiger partial charge in [0.25, 0.3) is 0 Å². The van der Waals surface area contributed by atoms with Gasteiger partial charge in [0.05, 0.1) is 6.20 Å². The van der Waals surface area contributed by atoms with Crippen molar-refractivity contribution in [3.05, 3.63) is 29.8 Å². The number of nitrogens with zero attached hydrogens (tertiary/aromatic N) is 2. The zero-order valence-electron chi connectivity index (χ0n) is 11.8. The number of rotatable bonds is 3. The van der Waals surface area contributed by atoms with Crippen LogP contribution in [0.5, 0.6) is 0 Å². The van der Waals surface area contributed by atoms with Crippen molar-refractivity contribution >= 4 is 11.8 Å². The lowest BCUT2D eigenvalue weighted by Gasteiger charge is -2.45. The molecule has 20 heavy (non-hydrogen) atoms. The predicted octanol–water partition coefficient (Wildman–Crippen LogP) is 1.24. The maximum Gasteiger partial charge on any atom is 0.246 e. The van der Waals surface area contributed by atoms with Crippen molar-refractivity contribution in [2.45, 2.75) is 45.3 Å². The van der Waals surface area contributed by atoms with E-state index in [4.69, 9.17) is 0 Å². The van der Waals surface area contributed by atoms with E-state index in [9.17, 15) is 14.0 Å². The number of hydrogen-bond donors (Lipinski definition) is 1. The van der Waals surface area contributed by atoms with Gasteiger partial charge in [0, 0.05) is 12.7 Å². The lowest BCUT2D eigenvalue weighted by Crippen LogP contribution is -2.68. The highest BCUT2D eigenvalue weighted by Gasteiger charge is 2.46. The van der Waals surface area contributed by atoms with E-state index in [0.717, 1.165) is 6.20 Å². The van der Waals surface area contributed by atoms with Crippen molar-refractivity contribution in [3.63, 3.8) is 0 Å². The molecule has 2 heterocycles. The second kappa shape index (κ2) is 5.19. The van der Waals surface area contributed by atoms with Crippen LogP contribution in [0.1, 0.15) is 32.8 Å². The molecule has 0 bridgehead atoms. The Balaban J connectivity index is 2.34. The van der Waals surface area contributed by atoms with Crippen LogP contribution in [0.15, 0.2) is 18.5 Å². The van der Waals surface area contributed by atoms with Crippen LogP contribution in [-0.4, -0.2) is 33.3 Å². The molecule has 0 saturated carbocycles. The molecule has 2 amide bonds. The summed E-state index contributed by atoms with van der Waals surface area (Å²) in [6.45, 7) is 5.39. The van der Waals surface area contributed by atoms with Gasteiger partial charge in [-0.15, -0.1) is 0 Å². The van der Waals surface area contributed by atoms with Crippen molar-refractivity contribution in [1.82, 2.24) is 15.2 Å². The molecule has 1 aromatic heterocycles. The van der Waals surface area contributed by atoms with Crippen molar-refractivity contribution in [3.8, 4) is 0 Å². The number of amides is 2. The third-order valence-electron chi connectivity index (χ3n) is 3.86. The first-order valence-electron chi connectivity index (χ1n) is 6.60. The third-order valence-corrected chi connectivity index (χ3v) is 3.86. The predicted molar refractivity (Wildman–Crippen MR) is 71.0 cm³/mol. The average Bonchev–Trinajstić information content (AvgIpc) is 2.41. The fourth-order valence-corrected chi connectivity index (χ4v) is 2.34. The quantitative estimate of drug-likeness (QED) is 0.905. The smallest absolute Gasteiger partial charge is 0.246 e. The van der Waals surface area contributed by atoms with Crippen LogP contribution in [0.3, 0.4) is 0 Å². The van der Waals surface area contributed by atoms with Gasteiger partial charge >= 0.3 is 0 Å². The number of aromatic nitrogens is 1. The van der Waals surface area contributed by atoms with Crippen LogP contribution in [0.4, 0.5) is 4.39 Å². The first-order valence-corrected chi connectivity index (χ1v) is 6.60. The lowest BCUT2D eigenvalue weighted by molar-refractivity contribution is -0.157. The van der Waals surface area contributed by atoms with Crippen molar-refractivity contribution < 1.29 is 14.0 Å². The number of nitrogens with one attached hydrogen (secondary N) is 1. The molecular formula is C14H18FN3O2. The maximum absolute atomic E-state index is 13.2. The monoisotopic (exact) mass is 279 g/mol. The summed E-state index contributed by atoms with van der Waals surface area (Å²) < 4.78 is 13.2. The van der Waals surface area contributed by atoms with Crippen LogP contribution >= 0.6 is 0 Å². The number of pyridine rings is 1. The molecule has 5 nitrogen and oxygen atoms in total. The summed E-state index contributed by atoms with van der Waals surface area (Å²) in [5.74, 6) is -0.808. The van der Waals surface area contributed by atoms with Gasteiger partial charge in [-0.2, -0.15) is 0 Å². The molecule has 2 rings (SSSR count). The molecule has 1 fully saturated rings. The number of carbonyl (C=O) groups is 2. The maximum atomic E-state index is 13.2. The van der Waals surface area contributed by atoms with Crippen LogP contribution in [0.25, 0.3) is 0 Å². The second-order valence-corrected chi connectivity index (χ2v) is 5.26. The minimum absolute atomic E-state index is 0.168. The van der Waals surface area contributed by atoms with Gasteiger partial charge in [-0.05, 0) is 31.9 Å². The normalized spacial score (nSPS) is 26.6. The van der Waals surface area contributed by atoms with E-state index >= 15 is 0 Å². The number of piperazine rings is 1. The molecule has 1 aliphatic heterocycles. The van der Waals surface area contributed by atoms with Gasteiger partial charge in [-0.25, -0.2) is 4.39 Å². The highest BCUT2D eigenvalue weighted by Crippen LogP contribution is 2.27. The summed E-state index contributed by atoms with van der Waals surface area (Å²) in [5, 5.41) is 2.68. The van der Waals surface area contributed by atoms with Gasteiger partial charge in [-0.3, -0.25) is 14.6 Å². The van der Waals surface area contributed by atoms with Gasteiger partial charge in [-0.1, -0.05) is 6.92 Å². The average molecular weight is 279 g/mol. The Morgan fingerprint density at radius 2 is 2.15 bits per heavy atom. The van der Waals surface area contributed by atoms with Crippen molar-refractivity contribution in [1.29, 1.82) is 0 Å². The van der Waals surface area contributed by atoms with Crippen molar-refractivity contribution in [2.75, 3.05) is 0 Å². The van der Waals surface area contributed by atoms with Gasteiger partial charge < -0.3 is 10.2 Å². The Morgan fingerprint density at radius 3 is 2.75 bits per heavy atom. The second-order valence-electron chi connectivity index (χ2n) is 5.26. The van der Waals surface area contributed by atoms with E-state index in [-0.39, 0.29) is 18.4 Å². The minimum atomic E-state index is -0.921. The Bertz CT molecular complexity index is 549. The summed E-state index contributed by atoms with van der Waals surface area (Å²) in [4.78, 5) is 29.8. The summed E-state index contributed by atoms with van der Waals surface area (Å²) in [6, 6.07) is 0.761. The Hall–Kier alpha value is -1.98. The zero-order chi connectivity index (χ0) is 14.9. The zero-order valence-corrected chi connectivity index (χ0v) is 11.8. The molecule has 0 aliphatic carbocycles. The van der Waals surface area contributed by atoms with E-state index in [0.29, 0.717) is 12.0 Å². The van der Waals surface area contributed by atoms with E-state index in [1.807, 2.05) is 6.92 Å². The topological polar surface area (TPSA) is 62.3 Å². The first-order chi connectivity index (χ1) is 9.38. The molecule has 1 N–H and O–H groups in total. The Kier molecular flexibility index (Phi) is 3.74. The number of hydrogen-bond acceptors (Lipinski definition) is 3. The Morgan fingerprint density at radius 1 is 1.45 bits per heavy atom. The lowest BCUT2D eigenvalue weighted by atomic mass is 9.90. The van der Waals surface area contributed by atoms with E-state index in [1.165, 1.54) is 17.2 Å². The Labute approximate surface area is 117 Å². The number of halogens is 1. The molecule has 0 aromatic carbocycles. The fourth-order valence-electron chi connectivity index (χ4n) is 2.34. The third kappa shape index (κ3) is 2.37. The fraction of sp³-hybridized carbons (Fsp3) is 0.500. The van der Waals surface area contributed by atoms with Crippen LogP contribution in [0, 0.1) is 5.82 Å². The first kappa shape index (κ1) is 14.4. The highest BCUT2D eigenvalue weighted by molar-refractivity contribution is 5.99. The highest BCUT2D eigenvalue weighted by atomic mass is 19.1. The van der Waals surface area contributed by atoms with E-state index in [1.54, 1.807) is 13.8 Å². The van der Waals surface area contributed by atoms with E-state index < -0.39 is 17.4 Å². The van der Waals surface area contributed by atoms with Crippen LogP contribution in [-0.2, 0) is 16.1 Å². The van der Waals surface area contributed by atoms with Gasteiger partial charge in [0.2, 0.25) is 11.8 Å². The number of carbonyl (C=O) groups excluding carboxylic acids is 2. The summed E-state index contributed by atoms with van der Waals surface area (Å²) in [7, 11) is 0. The molecule has 108 valence electrons. The molecule has 0 spiro atoms. The molecule has 2 atom stereocenters. The SMILES string of the molecule is CCC1(C)C(=O)NC(C)C(=O)N1Cc1cncc(F)c1. The summed E-state index contributed by atoms with van der Waals surface area (Å²) in [5.41, 5.74) is -0.351.